The van der Waals surface area contributed by atoms with Gasteiger partial charge >= 0.3 is 0 Å². The number of nitrogens with one attached hydrogen (secondary N) is 1. The van der Waals surface area contributed by atoms with E-state index in [4.69, 9.17) is 0 Å². The van der Waals surface area contributed by atoms with E-state index in [0.29, 0.717) is 12.2 Å². The Balaban J connectivity index is 2.11. The van der Waals surface area contributed by atoms with Crippen LogP contribution < -0.4 is 5.32 Å². The Morgan fingerprint density at radius 1 is 1.50 bits per heavy atom. The third kappa shape index (κ3) is 2.21. The minimum absolute atomic E-state index is 0.0999. The molecule has 0 saturated heterocycles. The summed E-state index contributed by atoms with van der Waals surface area (Å²) in [5.41, 5.74) is 1.41. The van der Waals surface area contributed by atoms with Crippen LogP contribution in [-0.4, -0.2) is 22.1 Å². The van der Waals surface area contributed by atoms with E-state index in [2.05, 4.69) is 17.3 Å². The lowest BCUT2D eigenvalue weighted by molar-refractivity contribution is 0.0948. The maximum absolute atomic E-state index is 11.7. The van der Waals surface area contributed by atoms with Gasteiger partial charge in [0.25, 0.3) is 5.91 Å². The van der Waals surface area contributed by atoms with E-state index in [1.54, 1.807) is 10.6 Å². The molecule has 0 radical (unpaired) electrons. The highest BCUT2D eigenvalue weighted by atomic mass is 16.1. The summed E-state index contributed by atoms with van der Waals surface area (Å²) in [5.74, 6) is -0.0999. The highest BCUT2D eigenvalue weighted by Gasteiger charge is 2.09. The van der Waals surface area contributed by atoms with Gasteiger partial charge in [-0.25, -0.2) is 4.52 Å². The van der Waals surface area contributed by atoms with Gasteiger partial charge in [-0.2, -0.15) is 5.10 Å². The van der Waals surface area contributed by atoms with Gasteiger partial charge in [0.2, 0.25) is 0 Å². The second kappa shape index (κ2) is 4.79. The molecule has 1 N–H and O–H groups in total. The first-order valence-electron chi connectivity index (χ1n) is 5.54. The van der Waals surface area contributed by atoms with E-state index in [1.807, 2.05) is 24.4 Å². The van der Waals surface area contributed by atoms with Crippen LogP contribution in [0.15, 0.2) is 30.5 Å². The summed E-state index contributed by atoms with van der Waals surface area (Å²) in [5, 5.41) is 7.04. The van der Waals surface area contributed by atoms with Gasteiger partial charge in [0.15, 0.2) is 5.69 Å². The Morgan fingerprint density at radius 2 is 2.38 bits per heavy atom. The zero-order valence-corrected chi connectivity index (χ0v) is 9.31. The maximum atomic E-state index is 11.7. The third-order valence-corrected chi connectivity index (χ3v) is 2.42. The first-order valence-corrected chi connectivity index (χ1v) is 5.54. The summed E-state index contributed by atoms with van der Waals surface area (Å²) in [4.78, 5) is 11.7. The number of aromatic nitrogens is 2. The molecular formula is C12H15N3O. The van der Waals surface area contributed by atoms with Crippen molar-refractivity contribution in [1.29, 1.82) is 0 Å². The Hall–Kier alpha value is -1.84. The average molecular weight is 217 g/mol. The van der Waals surface area contributed by atoms with Gasteiger partial charge in [-0.15, -0.1) is 0 Å². The molecule has 4 heteroatoms. The van der Waals surface area contributed by atoms with E-state index in [-0.39, 0.29) is 5.91 Å². The number of pyridine rings is 1. The quantitative estimate of drug-likeness (QED) is 0.795. The first kappa shape index (κ1) is 10.7. The van der Waals surface area contributed by atoms with E-state index in [1.165, 1.54) is 0 Å². The molecule has 0 saturated carbocycles. The number of hydrogen-bond acceptors (Lipinski definition) is 2. The minimum Gasteiger partial charge on any atom is -0.351 e. The predicted molar refractivity (Wildman–Crippen MR) is 62.4 cm³/mol. The van der Waals surface area contributed by atoms with E-state index in [0.717, 1.165) is 18.4 Å². The Morgan fingerprint density at radius 3 is 3.12 bits per heavy atom. The lowest BCUT2D eigenvalue weighted by atomic mass is 10.3. The van der Waals surface area contributed by atoms with Crippen molar-refractivity contribution < 1.29 is 4.79 Å². The van der Waals surface area contributed by atoms with Crippen LogP contribution in [0, 0.1) is 0 Å². The van der Waals surface area contributed by atoms with E-state index < -0.39 is 0 Å². The van der Waals surface area contributed by atoms with Crippen LogP contribution in [-0.2, 0) is 0 Å². The molecule has 2 rings (SSSR count). The second-order valence-electron chi connectivity index (χ2n) is 3.71. The Bertz CT molecular complexity index is 457. The SMILES string of the molecule is CCCCNC(=O)c1cc2ccccn2n1. The van der Waals surface area contributed by atoms with Gasteiger partial charge in [0.05, 0.1) is 5.52 Å². The molecule has 16 heavy (non-hydrogen) atoms. The van der Waals surface area contributed by atoms with Crippen molar-refractivity contribution >= 4 is 11.4 Å². The number of amides is 1. The van der Waals surface area contributed by atoms with Crippen molar-refractivity contribution in [3.05, 3.63) is 36.2 Å². The van der Waals surface area contributed by atoms with Crippen molar-refractivity contribution in [2.45, 2.75) is 19.8 Å². The lowest BCUT2D eigenvalue weighted by Crippen LogP contribution is -2.24. The minimum atomic E-state index is -0.0999. The second-order valence-corrected chi connectivity index (χ2v) is 3.71. The molecule has 2 aromatic heterocycles. The third-order valence-electron chi connectivity index (χ3n) is 2.42. The van der Waals surface area contributed by atoms with Gasteiger partial charge in [-0.1, -0.05) is 19.4 Å². The zero-order chi connectivity index (χ0) is 11.4. The molecular weight excluding hydrogens is 202 g/mol. The molecule has 2 aromatic rings. The number of carbonyl (C=O) groups excluding carboxylic acids is 1. The molecule has 84 valence electrons. The highest BCUT2D eigenvalue weighted by Crippen LogP contribution is 2.05. The monoisotopic (exact) mass is 217 g/mol. The van der Waals surface area contributed by atoms with Crippen molar-refractivity contribution in [3.8, 4) is 0 Å². The zero-order valence-electron chi connectivity index (χ0n) is 9.31. The van der Waals surface area contributed by atoms with Crippen LogP contribution in [0.3, 0.4) is 0 Å². The smallest absolute Gasteiger partial charge is 0.271 e. The lowest BCUT2D eigenvalue weighted by Gasteiger charge is -1.99. The van der Waals surface area contributed by atoms with E-state index >= 15 is 0 Å². The maximum Gasteiger partial charge on any atom is 0.271 e. The van der Waals surface area contributed by atoms with Crippen molar-refractivity contribution in [1.82, 2.24) is 14.9 Å². The molecule has 4 nitrogen and oxygen atoms in total. The summed E-state index contributed by atoms with van der Waals surface area (Å²) in [6, 6.07) is 7.53. The van der Waals surface area contributed by atoms with Crippen molar-refractivity contribution in [2.75, 3.05) is 6.54 Å². The molecule has 1 amide bonds. The number of hydrogen-bond donors (Lipinski definition) is 1. The summed E-state index contributed by atoms with van der Waals surface area (Å²) < 4.78 is 1.70. The number of unbranched alkanes of at least 4 members (excludes halogenated alkanes) is 1. The standard InChI is InChI=1S/C12H15N3O/c1-2-3-7-13-12(16)11-9-10-6-4-5-8-15(10)14-11/h4-6,8-9H,2-3,7H2,1H3,(H,13,16). The topological polar surface area (TPSA) is 46.4 Å². The molecule has 0 unspecified atom stereocenters. The van der Waals surface area contributed by atoms with Crippen molar-refractivity contribution in [3.63, 3.8) is 0 Å². The first-order chi connectivity index (χ1) is 7.81. The molecule has 0 fully saturated rings. The number of fused-ring (bicyclic) bond motifs is 1. The molecule has 0 aliphatic heterocycles. The summed E-state index contributed by atoms with van der Waals surface area (Å²) in [6.45, 7) is 2.81. The molecule has 0 bridgehead atoms. The Kier molecular flexibility index (Phi) is 3.19. The van der Waals surface area contributed by atoms with Crippen molar-refractivity contribution in [2.24, 2.45) is 0 Å². The predicted octanol–water partition coefficient (Wildman–Crippen LogP) is 1.86. The van der Waals surface area contributed by atoms with Crippen LogP contribution in [0.5, 0.6) is 0 Å². The normalized spacial score (nSPS) is 10.6. The van der Waals surface area contributed by atoms with Crippen LogP contribution in [0.25, 0.3) is 5.52 Å². The summed E-state index contributed by atoms with van der Waals surface area (Å²) in [7, 11) is 0. The van der Waals surface area contributed by atoms with Gasteiger partial charge in [0.1, 0.15) is 0 Å². The number of rotatable bonds is 4. The number of carbonyl (C=O) groups is 1. The number of nitrogens with zero attached hydrogens (tertiary/aromatic N) is 2. The van der Waals surface area contributed by atoms with Gasteiger partial charge < -0.3 is 5.32 Å². The molecule has 0 aliphatic carbocycles. The van der Waals surface area contributed by atoms with Crippen LogP contribution in [0.1, 0.15) is 30.3 Å². The van der Waals surface area contributed by atoms with Gasteiger partial charge in [-0.3, -0.25) is 4.79 Å². The average Bonchev–Trinajstić information content (AvgIpc) is 2.73. The molecule has 0 spiro atoms. The van der Waals surface area contributed by atoms with Crippen LogP contribution in [0.4, 0.5) is 0 Å². The van der Waals surface area contributed by atoms with Crippen LogP contribution >= 0.6 is 0 Å². The molecule has 0 aromatic carbocycles. The van der Waals surface area contributed by atoms with E-state index in [9.17, 15) is 4.79 Å². The molecule has 0 atom stereocenters. The summed E-state index contributed by atoms with van der Waals surface area (Å²) >= 11 is 0. The van der Waals surface area contributed by atoms with Gasteiger partial charge in [-0.05, 0) is 24.6 Å². The highest BCUT2D eigenvalue weighted by molar-refractivity contribution is 5.93. The fourth-order valence-electron chi connectivity index (χ4n) is 1.52. The van der Waals surface area contributed by atoms with Crippen LogP contribution in [0.2, 0.25) is 0 Å². The fraction of sp³-hybridized carbons (Fsp3) is 0.333. The fourth-order valence-corrected chi connectivity index (χ4v) is 1.52. The molecule has 0 aliphatic rings. The summed E-state index contributed by atoms with van der Waals surface area (Å²) in [6.07, 6.45) is 3.91. The largest absolute Gasteiger partial charge is 0.351 e. The van der Waals surface area contributed by atoms with Gasteiger partial charge in [0, 0.05) is 12.7 Å². The molecule has 2 heterocycles. The Labute approximate surface area is 94.3 Å².